The van der Waals surface area contributed by atoms with Gasteiger partial charge in [-0.2, -0.15) is 13.2 Å². The van der Waals surface area contributed by atoms with Gasteiger partial charge in [0.1, 0.15) is 12.4 Å². The van der Waals surface area contributed by atoms with Gasteiger partial charge >= 0.3 is 12.3 Å². The Balaban J connectivity index is 1.43. The summed E-state index contributed by atoms with van der Waals surface area (Å²) in [5.41, 5.74) is 0.333. The van der Waals surface area contributed by atoms with Gasteiger partial charge in [0.2, 0.25) is 0 Å². The average Bonchev–Trinajstić information content (AvgIpc) is 3.17. The topological polar surface area (TPSA) is 71.9 Å². The van der Waals surface area contributed by atoms with Crippen LogP contribution in [0.4, 0.5) is 18.0 Å². The summed E-state index contributed by atoms with van der Waals surface area (Å²) in [5, 5.41) is 9.29. The Kier molecular flexibility index (Phi) is 6.74. The molecule has 4 rings (SSSR count). The summed E-state index contributed by atoms with van der Waals surface area (Å²) in [7, 11) is 0. The SMILES string of the molecule is CC(C)(C)C1OC2(CCN(C(=O)O)CC2)C[C@@H]1c1ccc(OCc2ccc(C(F)(F)F)cn2)cc1. The molecular weight excluding hydrogens is 461 g/mol. The predicted molar refractivity (Wildman–Crippen MR) is 123 cm³/mol. The van der Waals surface area contributed by atoms with Crippen molar-refractivity contribution in [2.75, 3.05) is 13.1 Å². The fourth-order valence-electron chi connectivity index (χ4n) is 5.05. The summed E-state index contributed by atoms with van der Waals surface area (Å²) >= 11 is 0. The zero-order valence-corrected chi connectivity index (χ0v) is 20.1. The molecule has 1 aromatic heterocycles. The molecule has 0 radical (unpaired) electrons. The second-order valence-electron chi connectivity index (χ2n) is 10.6. The van der Waals surface area contributed by atoms with Gasteiger partial charge in [0, 0.05) is 25.2 Å². The van der Waals surface area contributed by atoms with Gasteiger partial charge in [0.25, 0.3) is 0 Å². The molecule has 1 amide bonds. The number of nitrogens with zero attached hydrogens (tertiary/aromatic N) is 2. The number of pyridine rings is 1. The predicted octanol–water partition coefficient (Wildman–Crippen LogP) is 6.11. The van der Waals surface area contributed by atoms with E-state index in [0.717, 1.165) is 24.2 Å². The first-order chi connectivity index (χ1) is 16.4. The molecule has 0 aliphatic carbocycles. The van der Waals surface area contributed by atoms with Crippen molar-refractivity contribution in [3.05, 3.63) is 59.4 Å². The maximum Gasteiger partial charge on any atom is 0.417 e. The number of hydrogen-bond acceptors (Lipinski definition) is 4. The molecule has 6 nitrogen and oxygen atoms in total. The Labute approximate surface area is 203 Å². The van der Waals surface area contributed by atoms with Crippen LogP contribution in [0.3, 0.4) is 0 Å². The van der Waals surface area contributed by atoms with Gasteiger partial charge in [-0.25, -0.2) is 4.79 Å². The Morgan fingerprint density at radius 2 is 1.80 bits per heavy atom. The number of hydrogen-bond donors (Lipinski definition) is 1. The van der Waals surface area contributed by atoms with E-state index in [4.69, 9.17) is 9.47 Å². The van der Waals surface area contributed by atoms with Crippen LogP contribution in [0.2, 0.25) is 0 Å². The quantitative estimate of drug-likeness (QED) is 0.558. The van der Waals surface area contributed by atoms with Crippen LogP contribution in [0.5, 0.6) is 5.75 Å². The third kappa shape index (κ3) is 5.72. The number of carbonyl (C=O) groups is 1. The van der Waals surface area contributed by atoms with Gasteiger partial charge in [0.05, 0.1) is 23.0 Å². The minimum atomic E-state index is -4.41. The van der Waals surface area contributed by atoms with E-state index < -0.39 is 17.8 Å². The number of carboxylic acid groups (broad SMARTS) is 1. The lowest BCUT2D eigenvalue weighted by atomic mass is 9.75. The Morgan fingerprint density at radius 1 is 1.14 bits per heavy atom. The molecule has 1 N–H and O–H groups in total. The van der Waals surface area contributed by atoms with Crippen LogP contribution in [0.15, 0.2) is 42.6 Å². The lowest BCUT2D eigenvalue weighted by Crippen LogP contribution is -2.46. The summed E-state index contributed by atoms with van der Waals surface area (Å²) in [6.45, 7) is 7.49. The minimum Gasteiger partial charge on any atom is -0.487 e. The molecule has 1 aromatic carbocycles. The van der Waals surface area contributed by atoms with Crippen molar-refractivity contribution >= 4 is 6.09 Å². The molecule has 2 fully saturated rings. The molecule has 3 heterocycles. The average molecular weight is 493 g/mol. The second-order valence-corrected chi connectivity index (χ2v) is 10.6. The smallest absolute Gasteiger partial charge is 0.417 e. The lowest BCUT2D eigenvalue weighted by Gasteiger charge is -2.39. The summed E-state index contributed by atoms with van der Waals surface area (Å²) in [6, 6.07) is 10.0. The molecule has 2 aliphatic heterocycles. The van der Waals surface area contributed by atoms with Gasteiger partial charge in [0.15, 0.2) is 0 Å². The van der Waals surface area contributed by atoms with Crippen molar-refractivity contribution in [2.24, 2.45) is 5.41 Å². The van der Waals surface area contributed by atoms with Gasteiger partial charge in [-0.15, -0.1) is 0 Å². The summed E-state index contributed by atoms with van der Waals surface area (Å²) in [5.74, 6) is 0.767. The van der Waals surface area contributed by atoms with Crippen molar-refractivity contribution in [2.45, 2.75) is 70.4 Å². The van der Waals surface area contributed by atoms with Crippen molar-refractivity contribution in [1.29, 1.82) is 0 Å². The van der Waals surface area contributed by atoms with E-state index in [1.54, 1.807) is 0 Å². The van der Waals surface area contributed by atoms with E-state index in [-0.39, 0.29) is 29.6 Å². The first kappa shape index (κ1) is 25.3. The molecule has 190 valence electrons. The maximum atomic E-state index is 12.7. The number of amides is 1. The molecule has 2 atom stereocenters. The second kappa shape index (κ2) is 9.33. The number of rotatable bonds is 4. The van der Waals surface area contributed by atoms with Crippen molar-refractivity contribution in [3.8, 4) is 5.75 Å². The first-order valence-electron chi connectivity index (χ1n) is 11.8. The van der Waals surface area contributed by atoms with Crippen LogP contribution in [-0.4, -0.2) is 45.9 Å². The van der Waals surface area contributed by atoms with Gasteiger partial charge in [-0.1, -0.05) is 32.9 Å². The van der Waals surface area contributed by atoms with Crippen molar-refractivity contribution < 1.29 is 32.5 Å². The van der Waals surface area contributed by atoms with Gasteiger partial charge in [-0.3, -0.25) is 4.98 Å². The van der Waals surface area contributed by atoms with E-state index in [1.807, 2.05) is 24.3 Å². The summed E-state index contributed by atoms with van der Waals surface area (Å²) in [4.78, 5) is 16.6. The standard InChI is InChI=1S/C26H31F3N2O4/c1-24(2,3)22-21(14-25(35-22)10-12-31(13-11-25)23(32)33)17-4-8-20(9-5-17)34-16-19-7-6-18(15-30-19)26(27,28)29/h4-9,15,21-22H,10-14,16H2,1-3H3,(H,32,33)/t21-,22?/m1/s1. The summed E-state index contributed by atoms with van der Waals surface area (Å²) in [6.07, 6.45) is -2.30. The zero-order valence-electron chi connectivity index (χ0n) is 20.1. The van der Waals surface area contributed by atoms with Crippen LogP contribution in [0, 0.1) is 5.41 Å². The van der Waals surface area contributed by atoms with Crippen molar-refractivity contribution in [3.63, 3.8) is 0 Å². The first-order valence-corrected chi connectivity index (χ1v) is 11.8. The number of likely N-dealkylation sites (tertiary alicyclic amines) is 1. The van der Waals surface area contributed by atoms with Gasteiger partial charge < -0.3 is 19.5 Å². The fourth-order valence-corrected chi connectivity index (χ4v) is 5.05. The number of halogens is 3. The zero-order chi connectivity index (χ0) is 25.4. The number of ether oxygens (including phenoxy) is 2. The molecule has 0 saturated carbocycles. The molecule has 2 aliphatic rings. The molecule has 1 unspecified atom stereocenters. The third-order valence-corrected chi connectivity index (χ3v) is 6.98. The van der Waals surface area contributed by atoms with E-state index in [1.165, 1.54) is 11.0 Å². The highest BCUT2D eigenvalue weighted by Gasteiger charge is 2.51. The molecule has 2 aromatic rings. The highest BCUT2D eigenvalue weighted by atomic mass is 19.4. The highest BCUT2D eigenvalue weighted by molar-refractivity contribution is 5.65. The molecule has 9 heteroatoms. The third-order valence-electron chi connectivity index (χ3n) is 6.98. The van der Waals surface area contributed by atoms with Crippen LogP contribution >= 0.6 is 0 Å². The van der Waals surface area contributed by atoms with Gasteiger partial charge in [-0.05, 0) is 54.5 Å². The molecule has 0 bridgehead atoms. The van der Waals surface area contributed by atoms with Crippen LogP contribution in [0.25, 0.3) is 0 Å². The number of aromatic nitrogens is 1. The van der Waals surface area contributed by atoms with E-state index in [0.29, 0.717) is 37.4 Å². The number of benzene rings is 1. The number of alkyl halides is 3. The van der Waals surface area contributed by atoms with E-state index in [2.05, 4.69) is 25.8 Å². The Hall–Kier alpha value is -2.81. The fraction of sp³-hybridized carbons (Fsp3) is 0.538. The Bertz CT molecular complexity index is 1020. The monoisotopic (exact) mass is 492 g/mol. The number of piperidine rings is 1. The Morgan fingerprint density at radius 3 is 2.31 bits per heavy atom. The summed E-state index contributed by atoms with van der Waals surface area (Å²) < 4.78 is 50.5. The van der Waals surface area contributed by atoms with E-state index >= 15 is 0 Å². The van der Waals surface area contributed by atoms with E-state index in [9.17, 15) is 23.1 Å². The minimum absolute atomic E-state index is 0.0120. The molecule has 1 spiro atoms. The normalized spacial score (nSPS) is 22.4. The molecular formula is C26H31F3N2O4. The highest BCUT2D eigenvalue weighted by Crippen LogP contribution is 2.51. The van der Waals surface area contributed by atoms with Crippen LogP contribution in [0.1, 0.15) is 62.8 Å². The maximum absolute atomic E-state index is 12.7. The molecule has 2 saturated heterocycles. The van der Waals surface area contributed by atoms with Crippen LogP contribution in [-0.2, 0) is 17.5 Å². The van der Waals surface area contributed by atoms with Crippen molar-refractivity contribution in [1.82, 2.24) is 9.88 Å². The largest absolute Gasteiger partial charge is 0.487 e. The van der Waals surface area contributed by atoms with Crippen LogP contribution < -0.4 is 4.74 Å². The molecule has 35 heavy (non-hydrogen) atoms. The lowest BCUT2D eigenvalue weighted by molar-refractivity contribution is -0.137.